The van der Waals surface area contributed by atoms with E-state index in [9.17, 15) is 19.7 Å². The van der Waals surface area contributed by atoms with Crippen LogP contribution in [0.1, 0.15) is 23.7 Å². The van der Waals surface area contributed by atoms with Gasteiger partial charge in [-0.05, 0) is 28.4 Å². The highest BCUT2D eigenvalue weighted by Crippen LogP contribution is 2.28. The predicted molar refractivity (Wildman–Crippen MR) is 74.5 cm³/mol. The van der Waals surface area contributed by atoms with E-state index in [1.807, 2.05) is 0 Å². The van der Waals surface area contributed by atoms with Gasteiger partial charge in [0.15, 0.2) is 0 Å². The molecule has 20 heavy (non-hydrogen) atoms. The summed E-state index contributed by atoms with van der Waals surface area (Å²) in [5.41, 5.74) is -0.123. The van der Waals surface area contributed by atoms with E-state index in [0.717, 1.165) is 0 Å². The maximum Gasteiger partial charge on any atom is 0.308 e. The molecule has 1 amide bonds. The molecule has 7 nitrogen and oxygen atoms in total. The van der Waals surface area contributed by atoms with Crippen molar-refractivity contribution in [3.05, 3.63) is 38.3 Å². The summed E-state index contributed by atoms with van der Waals surface area (Å²) in [5, 5.41) is 22.1. The highest BCUT2D eigenvalue weighted by molar-refractivity contribution is 9.10. The van der Waals surface area contributed by atoms with Crippen molar-refractivity contribution in [3.63, 3.8) is 0 Å². The Morgan fingerprint density at radius 1 is 1.50 bits per heavy atom. The fourth-order valence-corrected chi connectivity index (χ4v) is 2.14. The molecule has 0 aliphatic heterocycles. The fraction of sp³-hybridized carbons (Fsp3) is 0.333. The molecule has 0 fully saturated rings. The molecule has 108 valence electrons. The van der Waals surface area contributed by atoms with Crippen LogP contribution in [0.15, 0.2) is 22.7 Å². The van der Waals surface area contributed by atoms with E-state index in [1.54, 1.807) is 6.92 Å². The number of hydrogen-bond acceptors (Lipinski definition) is 4. The molecular formula is C12H13BrN2O5. The van der Waals surface area contributed by atoms with Crippen LogP contribution in [0.5, 0.6) is 0 Å². The molecule has 1 aromatic rings. The summed E-state index contributed by atoms with van der Waals surface area (Å²) in [6.45, 7) is 1.67. The lowest BCUT2D eigenvalue weighted by atomic mass is 10.1. The van der Waals surface area contributed by atoms with Gasteiger partial charge < -0.3 is 10.4 Å². The number of carboxylic acid groups (broad SMARTS) is 1. The number of rotatable bonds is 6. The van der Waals surface area contributed by atoms with Crippen LogP contribution < -0.4 is 5.32 Å². The quantitative estimate of drug-likeness (QED) is 0.607. The van der Waals surface area contributed by atoms with Crippen molar-refractivity contribution in [2.45, 2.75) is 13.3 Å². The van der Waals surface area contributed by atoms with Crippen molar-refractivity contribution in [2.24, 2.45) is 5.92 Å². The molecule has 1 atom stereocenters. The molecule has 0 spiro atoms. The van der Waals surface area contributed by atoms with Crippen LogP contribution in [0.3, 0.4) is 0 Å². The van der Waals surface area contributed by atoms with E-state index in [1.165, 1.54) is 18.2 Å². The molecule has 0 aliphatic carbocycles. The number of aliphatic carboxylic acids is 1. The highest BCUT2D eigenvalue weighted by atomic mass is 79.9. The van der Waals surface area contributed by atoms with E-state index in [2.05, 4.69) is 21.2 Å². The molecule has 0 aliphatic rings. The molecular weight excluding hydrogens is 332 g/mol. The number of hydrogen-bond donors (Lipinski definition) is 2. The van der Waals surface area contributed by atoms with Crippen LogP contribution in [-0.2, 0) is 4.79 Å². The lowest BCUT2D eigenvalue weighted by Crippen LogP contribution is -2.32. The number of benzene rings is 1. The first kappa shape index (κ1) is 16.1. The third kappa shape index (κ3) is 3.77. The average Bonchev–Trinajstić information content (AvgIpc) is 2.38. The average molecular weight is 345 g/mol. The highest BCUT2D eigenvalue weighted by Gasteiger charge is 2.21. The molecule has 1 rings (SSSR count). The summed E-state index contributed by atoms with van der Waals surface area (Å²) in [7, 11) is 0. The molecule has 1 unspecified atom stereocenters. The van der Waals surface area contributed by atoms with Gasteiger partial charge in [0.05, 0.1) is 16.4 Å². The summed E-state index contributed by atoms with van der Waals surface area (Å²) in [6, 6.07) is 4.09. The SMILES string of the molecule is CCC(CNC(=O)c1cccc([N+](=O)[O-])c1Br)C(=O)O. The van der Waals surface area contributed by atoms with Crippen LogP contribution in [0, 0.1) is 16.0 Å². The maximum absolute atomic E-state index is 11.9. The molecule has 8 heteroatoms. The second-order valence-electron chi connectivity index (χ2n) is 4.05. The largest absolute Gasteiger partial charge is 0.481 e. The van der Waals surface area contributed by atoms with E-state index in [-0.39, 0.29) is 22.3 Å². The number of carbonyl (C=O) groups is 2. The standard InChI is InChI=1S/C12H13BrN2O5/c1-2-7(12(17)18)6-14-11(16)8-4-3-5-9(10(8)13)15(19)20/h3-5,7H,2,6H2,1H3,(H,14,16)(H,17,18). The third-order valence-corrected chi connectivity index (χ3v) is 3.60. The van der Waals surface area contributed by atoms with Crippen LogP contribution in [-0.4, -0.2) is 28.5 Å². The maximum atomic E-state index is 11.9. The third-order valence-electron chi connectivity index (χ3n) is 2.77. The first-order valence-corrected chi connectivity index (χ1v) is 6.61. The lowest BCUT2D eigenvalue weighted by Gasteiger charge is -2.11. The van der Waals surface area contributed by atoms with Gasteiger partial charge in [-0.15, -0.1) is 0 Å². The molecule has 0 bridgehead atoms. The Kier molecular flexibility index (Phi) is 5.63. The van der Waals surface area contributed by atoms with Crippen molar-refractivity contribution in [2.75, 3.05) is 6.54 Å². The topological polar surface area (TPSA) is 110 Å². The van der Waals surface area contributed by atoms with Crippen molar-refractivity contribution in [3.8, 4) is 0 Å². The van der Waals surface area contributed by atoms with Gasteiger partial charge in [-0.2, -0.15) is 0 Å². The summed E-state index contributed by atoms with van der Waals surface area (Å²) in [5.74, 6) is -2.23. The molecule has 0 saturated carbocycles. The number of nitrogens with zero attached hydrogens (tertiary/aromatic N) is 1. The molecule has 0 radical (unpaired) electrons. The summed E-state index contributed by atoms with van der Waals surface area (Å²) >= 11 is 3.02. The zero-order valence-electron chi connectivity index (χ0n) is 10.6. The van der Waals surface area contributed by atoms with Gasteiger partial charge >= 0.3 is 5.97 Å². The summed E-state index contributed by atoms with van der Waals surface area (Å²) in [4.78, 5) is 32.9. The molecule has 0 aromatic heterocycles. The first-order valence-electron chi connectivity index (χ1n) is 5.82. The van der Waals surface area contributed by atoms with E-state index >= 15 is 0 Å². The Morgan fingerprint density at radius 2 is 2.15 bits per heavy atom. The number of nitro benzene ring substituents is 1. The van der Waals surface area contributed by atoms with Crippen molar-refractivity contribution in [1.29, 1.82) is 0 Å². The van der Waals surface area contributed by atoms with Gasteiger partial charge in [-0.1, -0.05) is 13.0 Å². The van der Waals surface area contributed by atoms with Crippen molar-refractivity contribution < 1.29 is 19.6 Å². The predicted octanol–water partition coefficient (Wildman–Crippen LogP) is 2.20. The van der Waals surface area contributed by atoms with Crippen LogP contribution in [0.2, 0.25) is 0 Å². The minimum atomic E-state index is -0.995. The van der Waals surface area contributed by atoms with Gasteiger partial charge in [0.25, 0.3) is 11.6 Å². The second-order valence-corrected chi connectivity index (χ2v) is 4.84. The fourth-order valence-electron chi connectivity index (χ4n) is 1.55. The Hall–Kier alpha value is -1.96. The van der Waals surface area contributed by atoms with Crippen LogP contribution >= 0.6 is 15.9 Å². The van der Waals surface area contributed by atoms with E-state index in [0.29, 0.717) is 6.42 Å². The molecule has 2 N–H and O–H groups in total. The minimum absolute atomic E-state index is 0.0280. The Balaban J connectivity index is 2.86. The molecule has 0 saturated heterocycles. The first-order chi connectivity index (χ1) is 9.38. The Morgan fingerprint density at radius 3 is 2.65 bits per heavy atom. The lowest BCUT2D eigenvalue weighted by molar-refractivity contribution is -0.385. The number of amides is 1. The second kappa shape index (κ2) is 6.99. The van der Waals surface area contributed by atoms with Gasteiger partial charge in [0.1, 0.15) is 4.47 Å². The van der Waals surface area contributed by atoms with E-state index in [4.69, 9.17) is 5.11 Å². The molecule has 1 aromatic carbocycles. The van der Waals surface area contributed by atoms with Crippen LogP contribution in [0.4, 0.5) is 5.69 Å². The number of nitro groups is 1. The van der Waals surface area contributed by atoms with Gasteiger partial charge in [-0.3, -0.25) is 19.7 Å². The number of halogens is 1. The van der Waals surface area contributed by atoms with Crippen LogP contribution in [0.25, 0.3) is 0 Å². The van der Waals surface area contributed by atoms with Crippen molar-refractivity contribution in [1.82, 2.24) is 5.32 Å². The van der Waals surface area contributed by atoms with Gasteiger partial charge in [0.2, 0.25) is 0 Å². The number of carboxylic acids is 1. The van der Waals surface area contributed by atoms with Gasteiger partial charge in [-0.25, -0.2) is 0 Å². The summed E-state index contributed by atoms with van der Waals surface area (Å²) in [6.07, 6.45) is 0.381. The monoisotopic (exact) mass is 344 g/mol. The van der Waals surface area contributed by atoms with Crippen molar-refractivity contribution >= 4 is 33.5 Å². The molecule has 0 heterocycles. The number of nitrogens with one attached hydrogen (secondary N) is 1. The summed E-state index contributed by atoms with van der Waals surface area (Å²) < 4.78 is 0.0749. The zero-order chi connectivity index (χ0) is 15.3. The Bertz CT molecular complexity index is 547. The minimum Gasteiger partial charge on any atom is -0.481 e. The van der Waals surface area contributed by atoms with Gasteiger partial charge in [0, 0.05) is 12.6 Å². The zero-order valence-corrected chi connectivity index (χ0v) is 12.2. The normalized spacial score (nSPS) is 11.7. The Labute approximate surface area is 123 Å². The van der Waals surface area contributed by atoms with E-state index < -0.39 is 22.7 Å². The number of carbonyl (C=O) groups excluding carboxylic acids is 1. The smallest absolute Gasteiger partial charge is 0.308 e.